The number of halogens is 3. The van der Waals surface area contributed by atoms with E-state index >= 15 is 0 Å². The number of nitrogens with two attached hydrogens (primary N) is 1. The van der Waals surface area contributed by atoms with Crippen LogP contribution in [0.5, 0.6) is 11.5 Å². The summed E-state index contributed by atoms with van der Waals surface area (Å²) in [5.74, 6) is -7.35. The van der Waals surface area contributed by atoms with Crippen molar-refractivity contribution >= 4 is 28.9 Å². The van der Waals surface area contributed by atoms with Crippen molar-refractivity contribution in [3.63, 3.8) is 0 Å². The van der Waals surface area contributed by atoms with Gasteiger partial charge in [0.25, 0.3) is 5.91 Å². The maximum atomic E-state index is 13.8. The Morgan fingerprint density at radius 1 is 1.11 bits per heavy atom. The van der Waals surface area contributed by atoms with Gasteiger partial charge in [-0.3, -0.25) is 14.4 Å². The minimum Gasteiger partial charge on any atom is -0.508 e. The number of hydrogen-bond acceptors (Lipinski definition) is 10. The summed E-state index contributed by atoms with van der Waals surface area (Å²) in [6, 6.07) is 6.95. The van der Waals surface area contributed by atoms with Crippen molar-refractivity contribution in [2.75, 3.05) is 19.0 Å². The molecule has 14 heteroatoms. The van der Waals surface area contributed by atoms with E-state index in [1.54, 1.807) is 25.1 Å². The molecule has 0 bridgehead atoms. The molecule has 2 aromatic carbocycles. The Morgan fingerprint density at radius 2 is 1.77 bits per heavy atom. The molecular formula is C30H30F3N3O8. The number of nitrogens with zero attached hydrogens (tertiary/aromatic N) is 1. The molecule has 1 amide bonds. The van der Waals surface area contributed by atoms with E-state index < -0.39 is 64.8 Å². The van der Waals surface area contributed by atoms with E-state index in [0.717, 1.165) is 0 Å². The van der Waals surface area contributed by atoms with Gasteiger partial charge in [-0.1, -0.05) is 12.1 Å². The summed E-state index contributed by atoms with van der Waals surface area (Å²) < 4.78 is 41.2. The van der Waals surface area contributed by atoms with Gasteiger partial charge in [0.1, 0.15) is 28.6 Å². The molecule has 7 N–H and O–H groups in total. The second-order valence-corrected chi connectivity index (χ2v) is 11.4. The number of nitrogens with one attached hydrogen (secondary N) is 1. The Morgan fingerprint density at radius 3 is 2.36 bits per heavy atom. The number of aliphatic hydroxyl groups excluding tert-OH is 2. The van der Waals surface area contributed by atoms with Gasteiger partial charge in [-0.2, -0.15) is 0 Å². The number of carbonyl (C=O) groups is 3. The van der Waals surface area contributed by atoms with Crippen LogP contribution >= 0.6 is 0 Å². The fraction of sp³-hybridized carbons (Fsp3) is 0.367. The highest BCUT2D eigenvalue weighted by Gasteiger charge is 2.60. The molecule has 0 heterocycles. The molecule has 0 aliphatic heterocycles. The molecule has 1 saturated carbocycles. The molecule has 3 atom stereocenters. The van der Waals surface area contributed by atoms with Gasteiger partial charge in [-0.05, 0) is 48.1 Å². The number of phenols is 1. The summed E-state index contributed by atoms with van der Waals surface area (Å²) in [4.78, 5) is 39.9. The Kier molecular flexibility index (Phi) is 7.62. The largest absolute Gasteiger partial charge is 0.573 e. The molecule has 0 spiro atoms. The van der Waals surface area contributed by atoms with Crippen LogP contribution in [0.3, 0.4) is 0 Å². The number of aliphatic hydroxyl groups is 3. The number of hydrogen-bond donors (Lipinski definition) is 6. The smallest absolute Gasteiger partial charge is 0.508 e. The Hall–Kier alpha value is -4.56. The van der Waals surface area contributed by atoms with E-state index in [4.69, 9.17) is 5.73 Å². The van der Waals surface area contributed by atoms with Gasteiger partial charge in [0, 0.05) is 56.3 Å². The maximum absolute atomic E-state index is 13.8. The van der Waals surface area contributed by atoms with Crippen molar-refractivity contribution in [1.29, 1.82) is 0 Å². The predicted molar refractivity (Wildman–Crippen MR) is 149 cm³/mol. The fourth-order valence-electron chi connectivity index (χ4n) is 6.41. The van der Waals surface area contributed by atoms with E-state index in [2.05, 4.69) is 10.1 Å². The molecule has 3 aliphatic rings. The number of rotatable bonds is 7. The van der Waals surface area contributed by atoms with Crippen LogP contribution in [-0.2, 0) is 33.9 Å². The fourth-order valence-corrected chi connectivity index (χ4v) is 6.41. The van der Waals surface area contributed by atoms with E-state index in [1.165, 1.54) is 24.3 Å². The average Bonchev–Trinajstić information content (AvgIpc) is 2.91. The first kappa shape index (κ1) is 30.9. The number of primary amides is 1. The number of phenolic OH excluding ortho intramolecular Hbond substituents is 1. The van der Waals surface area contributed by atoms with Crippen molar-refractivity contribution in [3.8, 4) is 11.5 Å². The third kappa shape index (κ3) is 5.13. The lowest BCUT2D eigenvalue weighted by Crippen LogP contribution is -2.58. The number of carbonyl (C=O) groups excluding carboxylic acids is 3. The minimum absolute atomic E-state index is 0.0205. The van der Waals surface area contributed by atoms with Crippen LogP contribution in [0.4, 0.5) is 18.9 Å². The normalized spacial score (nSPS) is 23.2. The summed E-state index contributed by atoms with van der Waals surface area (Å²) in [6.07, 6.45) is -5.03. The number of Topliss-reactive ketones (excluding diaryl/α,β-unsaturated/α-hetero) is 2. The van der Waals surface area contributed by atoms with Crippen molar-refractivity contribution < 1.29 is 52.7 Å². The molecular weight excluding hydrogens is 587 g/mol. The number of ketones is 2. The van der Waals surface area contributed by atoms with Crippen molar-refractivity contribution in [3.05, 3.63) is 69.5 Å². The average molecular weight is 618 g/mol. The highest BCUT2D eigenvalue weighted by molar-refractivity contribution is 6.22. The Bertz CT molecular complexity index is 1630. The van der Waals surface area contributed by atoms with Crippen molar-refractivity contribution in [2.45, 2.75) is 44.3 Å². The van der Waals surface area contributed by atoms with Gasteiger partial charge in [-0.25, -0.2) is 0 Å². The number of benzene rings is 2. The summed E-state index contributed by atoms with van der Waals surface area (Å²) in [6.45, 7) is 0.259. The summed E-state index contributed by atoms with van der Waals surface area (Å²) in [5, 5.41) is 48.0. The van der Waals surface area contributed by atoms with Crippen LogP contribution < -0.4 is 20.7 Å². The van der Waals surface area contributed by atoms with Crippen LogP contribution in [0, 0.1) is 11.8 Å². The van der Waals surface area contributed by atoms with Crippen LogP contribution in [0.25, 0.3) is 5.76 Å². The lowest BCUT2D eigenvalue weighted by Gasteiger charge is -2.46. The third-order valence-corrected chi connectivity index (χ3v) is 8.40. The molecule has 1 fully saturated rings. The Labute approximate surface area is 249 Å². The maximum Gasteiger partial charge on any atom is 0.573 e. The highest BCUT2D eigenvalue weighted by Crippen LogP contribution is 2.53. The van der Waals surface area contributed by atoms with E-state index in [1.807, 2.05) is 0 Å². The predicted octanol–water partition coefficient (Wildman–Crippen LogP) is 2.68. The highest BCUT2D eigenvalue weighted by atomic mass is 19.4. The molecule has 0 radical (unpaired) electrons. The molecule has 5 rings (SSSR count). The number of fused-ring (bicyclic) bond motifs is 3. The van der Waals surface area contributed by atoms with Crippen LogP contribution in [0.2, 0.25) is 0 Å². The summed E-state index contributed by atoms with van der Waals surface area (Å²) in [5.41, 5.74) is 3.55. The number of anilines is 1. The minimum atomic E-state index is -4.81. The van der Waals surface area contributed by atoms with Gasteiger partial charge >= 0.3 is 6.36 Å². The van der Waals surface area contributed by atoms with Gasteiger partial charge in [-0.15, -0.1) is 13.2 Å². The van der Waals surface area contributed by atoms with Crippen molar-refractivity contribution in [1.82, 2.24) is 5.32 Å². The Balaban J connectivity index is 1.48. The SMILES string of the molecule is CN(C)c1cc(CNCc2ccc(OC(F)(F)F)cc2)c(O)c2c1CC1CC3CC(=O)C(C(N)=O)=C(O)C3(O)C(=O)C1=C2O. The van der Waals surface area contributed by atoms with E-state index in [0.29, 0.717) is 22.4 Å². The first-order valence-electron chi connectivity index (χ1n) is 13.6. The van der Waals surface area contributed by atoms with E-state index in [-0.39, 0.29) is 48.6 Å². The van der Waals surface area contributed by atoms with Crippen LogP contribution in [0.1, 0.15) is 35.1 Å². The van der Waals surface area contributed by atoms with Crippen LogP contribution in [-0.4, -0.2) is 64.0 Å². The van der Waals surface area contributed by atoms with Gasteiger partial charge in [0.05, 0.1) is 5.56 Å². The zero-order valence-corrected chi connectivity index (χ0v) is 23.7. The summed E-state index contributed by atoms with van der Waals surface area (Å²) in [7, 11) is 3.51. The van der Waals surface area contributed by atoms with Gasteiger partial charge in [0.15, 0.2) is 11.4 Å². The lowest BCUT2D eigenvalue weighted by molar-refractivity contribution is -0.274. The lowest BCUT2D eigenvalue weighted by atomic mass is 9.59. The third-order valence-electron chi connectivity index (χ3n) is 8.40. The monoisotopic (exact) mass is 617 g/mol. The molecule has 2 aromatic rings. The molecule has 0 aromatic heterocycles. The first-order valence-corrected chi connectivity index (χ1v) is 13.6. The second kappa shape index (κ2) is 10.9. The van der Waals surface area contributed by atoms with Gasteiger partial charge < -0.3 is 41.1 Å². The zero-order chi connectivity index (χ0) is 32.3. The summed E-state index contributed by atoms with van der Waals surface area (Å²) >= 11 is 0. The topological polar surface area (TPSA) is 183 Å². The standard InChI is InChI=1S/C30H30F3N3O8/c1-36(2)19-9-15(12-35-11-13-3-5-17(6-4-13)44-30(31,32)33)24(38)22-18(19)8-14-7-16-10-20(37)23(28(34)42)27(41)29(16,43)26(40)21(14)25(22)39/h3-6,9,14,16,35,38-39,41,43H,7-8,10-12H2,1-2H3,(H2,34,42). The molecule has 0 saturated heterocycles. The van der Waals surface area contributed by atoms with Crippen molar-refractivity contribution in [2.24, 2.45) is 17.6 Å². The first-order chi connectivity index (χ1) is 20.5. The number of ether oxygens (including phenoxy) is 1. The molecule has 234 valence electrons. The number of alkyl halides is 3. The zero-order valence-electron chi connectivity index (χ0n) is 23.7. The number of aromatic hydroxyl groups is 1. The molecule has 3 aliphatic carbocycles. The van der Waals surface area contributed by atoms with Gasteiger partial charge in [0.2, 0.25) is 5.78 Å². The number of amides is 1. The van der Waals surface area contributed by atoms with Crippen LogP contribution in [0.15, 0.2) is 47.2 Å². The quantitative estimate of drug-likeness (QED) is 0.253. The second-order valence-electron chi connectivity index (χ2n) is 11.4. The molecule has 44 heavy (non-hydrogen) atoms. The molecule has 3 unspecified atom stereocenters. The van der Waals surface area contributed by atoms with E-state index in [9.17, 15) is 48.0 Å². The molecule has 11 nitrogen and oxygen atoms in total.